The standard InChI is InChI=1S/C16H13BrClN3O2S/c17-13-3-1-12(2-4-13)10-21-11-15(9-19-21)20-24(22,23)16-7-5-14(18)6-8-16/h1-9,11,20H,10H2. The number of nitrogens with one attached hydrogen (secondary N) is 1. The number of aromatic nitrogens is 2. The Morgan fingerprint density at radius 1 is 1.08 bits per heavy atom. The molecule has 5 nitrogen and oxygen atoms in total. The van der Waals surface area contributed by atoms with Crippen LogP contribution in [0.3, 0.4) is 0 Å². The van der Waals surface area contributed by atoms with Crippen molar-refractivity contribution in [3.05, 3.63) is 76.0 Å². The van der Waals surface area contributed by atoms with Gasteiger partial charge >= 0.3 is 0 Å². The van der Waals surface area contributed by atoms with Crippen LogP contribution in [-0.2, 0) is 16.6 Å². The molecule has 0 aliphatic carbocycles. The van der Waals surface area contributed by atoms with Crippen molar-refractivity contribution < 1.29 is 8.42 Å². The van der Waals surface area contributed by atoms with E-state index in [4.69, 9.17) is 11.6 Å². The lowest BCUT2D eigenvalue weighted by atomic mass is 10.2. The van der Waals surface area contributed by atoms with E-state index in [-0.39, 0.29) is 4.90 Å². The summed E-state index contributed by atoms with van der Waals surface area (Å²) in [5.74, 6) is 0. The van der Waals surface area contributed by atoms with Crippen LogP contribution in [0.15, 0.2) is 70.3 Å². The quantitative estimate of drug-likeness (QED) is 0.666. The van der Waals surface area contributed by atoms with Gasteiger partial charge in [-0.15, -0.1) is 0 Å². The van der Waals surface area contributed by atoms with Crippen molar-refractivity contribution in [1.29, 1.82) is 0 Å². The van der Waals surface area contributed by atoms with Crippen LogP contribution >= 0.6 is 27.5 Å². The van der Waals surface area contributed by atoms with Gasteiger partial charge in [-0.05, 0) is 42.0 Å². The predicted octanol–water partition coefficient (Wildman–Crippen LogP) is 4.15. The molecule has 2 aromatic carbocycles. The molecule has 0 fully saturated rings. The number of nitrogens with zero attached hydrogens (tertiary/aromatic N) is 2. The van der Waals surface area contributed by atoms with Crippen LogP contribution in [0.25, 0.3) is 0 Å². The lowest BCUT2D eigenvalue weighted by Crippen LogP contribution is -2.12. The number of benzene rings is 2. The molecule has 1 aromatic heterocycles. The van der Waals surface area contributed by atoms with Gasteiger partial charge in [-0.25, -0.2) is 8.42 Å². The third-order valence-electron chi connectivity index (χ3n) is 3.27. The first-order chi connectivity index (χ1) is 11.4. The molecule has 0 radical (unpaired) electrons. The molecule has 0 aliphatic heterocycles. The van der Waals surface area contributed by atoms with E-state index in [1.54, 1.807) is 10.9 Å². The van der Waals surface area contributed by atoms with Crippen LogP contribution in [0.2, 0.25) is 5.02 Å². The lowest BCUT2D eigenvalue weighted by molar-refractivity contribution is 0.601. The van der Waals surface area contributed by atoms with Crippen LogP contribution in [0.5, 0.6) is 0 Å². The van der Waals surface area contributed by atoms with E-state index in [1.165, 1.54) is 30.5 Å². The molecule has 0 amide bonds. The molecule has 0 atom stereocenters. The van der Waals surface area contributed by atoms with Crippen molar-refractivity contribution in [2.24, 2.45) is 0 Å². The molecule has 1 heterocycles. The van der Waals surface area contributed by atoms with E-state index < -0.39 is 10.0 Å². The summed E-state index contributed by atoms with van der Waals surface area (Å²) in [6.07, 6.45) is 3.13. The summed E-state index contributed by atoms with van der Waals surface area (Å²) in [5, 5.41) is 4.67. The van der Waals surface area contributed by atoms with E-state index in [0.29, 0.717) is 17.3 Å². The molecule has 3 rings (SSSR count). The molecule has 0 unspecified atom stereocenters. The SMILES string of the molecule is O=S(=O)(Nc1cnn(Cc2ccc(Br)cc2)c1)c1ccc(Cl)cc1. The van der Waals surface area contributed by atoms with Crippen LogP contribution in [0, 0.1) is 0 Å². The molecular weight excluding hydrogens is 414 g/mol. The van der Waals surface area contributed by atoms with Gasteiger partial charge in [-0.2, -0.15) is 5.10 Å². The molecule has 0 saturated heterocycles. The van der Waals surface area contributed by atoms with Gasteiger partial charge in [-0.1, -0.05) is 39.7 Å². The highest BCUT2D eigenvalue weighted by Gasteiger charge is 2.15. The predicted molar refractivity (Wildman–Crippen MR) is 97.7 cm³/mol. The summed E-state index contributed by atoms with van der Waals surface area (Å²) < 4.78 is 29.8. The Kier molecular flexibility index (Phi) is 4.93. The van der Waals surface area contributed by atoms with E-state index >= 15 is 0 Å². The first kappa shape index (κ1) is 17.0. The fraction of sp³-hybridized carbons (Fsp3) is 0.0625. The van der Waals surface area contributed by atoms with E-state index in [9.17, 15) is 8.42 Å². The molecule has 8 heteroatoms. The summed E-state index contributed by atoms with van der Waals surface area (Å²) in [5.41, 5.74) is 1.47. The second-order valence-electron chi connectivity index (χ2n) is 5.11. The molecule has 0 aliphatic rings. The fourth-order valence-electron chi connectivity index (χ4n) is 2.11. The Hall–Kier alpha value is -1.83. The minimum Gasteiger partial charge on any atom is -0.276 e. The fourth-order valence-corrected chi connectivity index (χ4v) is 3.53. The maximum atomic E-state index is 12.3. The average Bonchev–Trinajstić information content (AvgIpc) is 2.96. The normalized spacial score (nSPS) is 11.4. The van der Waals surface area contributed by atoms with Gasteiger partial charge < -0.3 is 0 Å². The minimum atomic E-state index is -3.66. The first-order valence-corrected chi connectivity index (χ1v) is 9.63. The van der Waals surface area contributed by atoms with Gasteiger partial charge in [-0.3, -0.25) is 9.40 Å². The minimum absolute atomic E-state index is 0.146. The molecule has 1 N–H and O–H groups in total. The number of rotatable bonds is 5. The van der Waals surface area contributed by atoms with Crippen LogP contribution < -0.4 is 4.72 Å². The maximum Gasteiger partial charge on any atom is 0.261 e. The number of halogens is 2. The van der Waals surface area contributed by atoms with Crippen molar-refractivity contribution in [1.82, 2.24) is 9.78 Å². The third kappa shape index (κ3) is 4.17. The Labute approximate surface area is 153 Å². The molecule has 0 saturated carbocycles. The molecule has 0 bridgehead atoms. The zero-order valence-electron chi connectivity index (χ0n) is 12.4. The Morgan fingerprint density at radius 2 is 1.75 bits per heavy atom. The number of anilines is 1. The second kappa shape index (κ2) is 6.96. The molecule has 0 spiro atoms. The smallest absolute Gasteiger partial charge is 0.261 e. The monoisotopic (exact) mass is 425 g/mol. The van der Waals surface area contributed by atoms with Crippen LogP contribution in [0.4, 0.5) is 5.69 Å². The topological polar surface area (TPSA) is 64.0 Å². The van der Waals surface area contributed by atoms with Crippen molar-refractivity contribution in [3.8, 4) is 0 Å². The molecule has 124 valence electrons. The Bertz CT molecular complexity index is 938. The Morgan fingerprint density at radius 3 is 2.42 bits per heavy atom. The number of sulfonamides is 1. The summed E-state index contributed by atoms with van der Waals surface area (Å²) in [6.45, 7) is 0.552. The van der Waals surface area contributed by atoms with E-state index in [1.807, 2.05) is 24.3 Å². The zero-order chi connectivity index (χ0) is 17.2. The Balaban J connectivity index is 1.73. The number of hydrogen-bond donors (Lipinski definition) is 1. The first-order valence-electron chi connectivity index (χ1n) is 6.98. The third-order valence-corrected chi connectivity index (χ3v) is 5.45. The van der Waals surface area contributed by atoms with Gasteiger partial charge in [0.15, 0.2) is 0 Å². The average molecular weight is 427 g/mol. The van der Waals surface area contributed by atoms with Crippen LogP contribution in [-0.4, -0.2) is 18.2 Å². The summed E-state index contributed by atoms with van der Waals surface area (Å²) >= 11 is 9.17. The zero-order valence-corrected chi connectivity index (χ0v) is 15.5. The van der Waals surface area contributed by atoms with Gasteiger partial charge in [0.1, 0.15) is 0 Å². The molecular formula is C16H13BrClN3O2S. The second-order valence-corrected chi connectivity index (χ2v) is 8.15. The largest absolute Gasteiger partial charge is 0.276 e. The summed E-state index contributed by atoms with van der Waals surface area (Å²) in [6, 6.07) is 13.8. The number of hydrogen-bond acceptors (Lipinski definition) is 3. The van der Waals surface area contributed by atoms with Crippen molar-refractivity contribution in [2.45, 2.75) is 11.4 Å². The summed E-state index contributed by atoms with van der Waals surface area (Å²) in [4.78, 5) is 0.146. The van der Waals surface area contributed by atoms with Crippen molar-refractivity contribution >= 4 is 43.2 Å². The van der Waals surface area contributed by atoms with Gasteiger partial charge in [0.05, 0.1) is 23.3 Å². The summed E-state index contributed by atoms with van der Waals surface area (Å²) in [7, 11) is -3.66. The molecule has 3 aromatic rings. The van der Waals surface area contributed by atoms with Crippen molar-refractivity contribution in [3.63, 3.8) is 0 Å². The van der Waals surface area contributed by atoms with E-state index in [0.717, 1.165) is 10.0 Å². The van der Waals surface area contributed by atoms with E-state index in [2.05, 4.69) is 25.8 Å². The highest BCUT2D eigenvalue weighted by atomic mass is 79.9. The highest BCUT2D eigenvalue weighted by Crippen LogP contribution is 2.18. The highest BCUT2D eigenvalue weighted by molar-refractivity contribution is 9.10. The van der Waals surface area contributed by atoms with Crippen molar-refractivity contribution in [2.75, 3.05) is 4.72 Å². The lowest BCUT2D eigenvalue weighted by Gasteiger charge is -2.06. The van der Waals surface area contributed by atoms with Gasteiger partial charge in [0, 0.05) is 15.7 Å². The molecule has 24 heavy (non-hydrogen) atoms. The van der Waals surface area contributed by atoms with Gasteiger partial charge in [0.25, 0.3) is 10.0 Å². The maximum absolute atomic E-state index is 12.3. The van der Waals surface area contributed by atoms with Crippen LogP contribution in [0.1, 0.15) is 5.56 Å². The van der Waals surface area contributed by atoms with Gasteiger partial charge in [0.2, 0.25) is 0 Å².